The van der Waals surface area contributed by atoms with Crippen molar-refractivity contribution in [3.8, 4) is 22.5 Å². The van der Waals surface area contributed by atoms with Crippen molar-refractivity contribution < 1.29 is 10.0 Å². The molecule has 48 heavy (non-hydrogen) atoms. The van der Waals surface area contributed by atoms with Crippen LogP contribution in [0.4, 0.5) is 0 Å². The van der Waals surface area contributed by atoms with E-state index in [2.05, 4.69) is 146 Å². The average molecular weight is 685 g/mol. The Morgan fingerprint density at radius 3 is 1.38 bits per heavy atom. The van der Waals surface area contributed by atoms with Crippen molar-refractivity contribution in [2.24, 2.45) is 0 Å². The summed E-state index contributed by atoms with van der Waals surface area (Å²) in [4.78, 5) is 0. The zero-order chi connectivity index (χ0) is 32.6. The predicted octanol–water partition coefficient (Wildman–Crippen LogP) is 9.68. The van der Waals surface area contributed by atoms with E-state index in [1.54, 1.807) is 6.07 Å². The first-order valence-corrected chi connectivity index (χ1v) is 16.7. The summed E-state index contributed by atoms with van der Waals surface area (Å²) in [6.07, 6.45) is 0. The van der Waals surface area contributed by atoms with Crippen molar-refractivity contribution in [2.75, 3.05) is 0 Å². The van der Waals surface area contributed by atoms with Crippen LogP contribution in [0.1, 0.15) is 0 Å². The zero-order valence-electron chi connectivity index (χ0n) is 25.9. The summed E-state index contributed by atoms with van der Waals surface area (Å²) >= 11 is 3.52. The molecule has 0 bridgehead atoms. The third-order valence-corrected chi connectivity index (χ3v) is 9.40. The van der Waals surface area contributed by atoms with Crippen LogP contribution in [0.2, 0.25) is 0 Å². The fourth-order valence-electron chi connectivity index (χ4n) is 6.66. The monoisotopic (exact) mass is 684 g/mol. The number of hydrogen-bond donors (Lipinski definition) is 2. The lowest BCUT2D eigenvalue weighted by Crippen LogP contribution is -2.29. The molecular formula is C42H30BBrN2O2. The molecule has 2 aromatic heterocycles. The summed E-state index contributed by atoms with van der Waals surface area (Å²) in [5, 5.41) is 23.5. The van der Waals surface area contributed by atoms with Crippen molar-refractivity contribution in [1.82, 2.24) is 9.13 Å². The Morgan fingerprint density at radius 1 is 0.396 bits per heavy atom. The second-order valence-electron chi connectivity index (χ2n) is 11.8. The van der Waals surface area contributed by atoms with E-state index >= 15 is 0 Å². The molecule has 0 unspecified atom stereocenters. The Kier molecular flexibility index (Phi) is 7.91. The topological polar surface area (TPSA) is 50.3 Å². The molecule has 0 atom stereocenters. The lowest BCUT2D eigenvalue weighted by atomic mass is 9.80. The van der Waals surface area contributed by atoms with Crippen molar-refractivity contribution in [3.05, 3.63) is 174 Å². The minimum atomic E-state index is -1.46. The number of halogens is 1. The molecule has 0 saturated heterocycles. The Balaban J connectivity index is 0.000000142. The van der Waals surface area contributed by atoms with E-state index in [4.69, 9.17) is 0 Å². The Hall–Kier alpha value is -5.40. The van der Waals surface area contributed by atoms with Crippen LogP contribution in [-0.2, 0) is 0 Å². The van der Waals surface area contributed by atoms with Gasteiger partial charge in [0.15, 0.2) is 0 Å². The molecular weight excluding hydrogens is 655 g/mol. The van der Waals surface area contributed by atoms with E-state index in [1.165, 1.54) is 38.6 Å². The minimum absolute atomic E-state index is 0.503. The largest absolute Gasteiger partial charge is 0.488 e. The first kappa shape index (κ1) is 30.0. The van der Waals surface area contributed by atoms with Crippen molar-refractivity contribution >= 4 is 72.1 Å². The van der Waals surface area contributed by atoms with Crippen molar-refractivity contribution in [1.29, 1.82) is 0 Å². The van der Waals surface area contributed by atoms with Gasteiger partial charge in [0.2, 0.25) is 0 Å². The number of nitrogens with zero attached hydrogens (tertiary/aromatic N) is 2. The van der Waals surface area contributed by atoms with Crippen LogP contribution in [-0.4, -0.2) is 26.3 Å². The maximum atomic E-state index is 9.43. The molecule has 0 saturated carbocycles. The van der Waals surface area contributed by atoms with Gasteiger partial charge in [-0.2, -0.15) is 0 Å². The molecule has 0 radical (unpaired) electrons. The maximum Gasteiger partial charge on any atom is 0.488 e. The second kappa shape index (κ2) is 12.7. The standard InChI is InChI=1S/C24H16BrN.C18H14BNO2/c25-19-13-10-17(11-14-19)18-12-15-24-22(16-18)21-8-4-5-9-23(21)26(24)20-6-2-1-3-7-20;21-19(22)13-10-11-18-16(12-13)15-8-4-5-9-17(15)20(18)14-6-2-1-3-7-14/h1-16H;1-12,21-22H. The van der Waals surface area contributed by atoms with Crippen LogP contribution in [0, 0.1) is 0 Å². The van der Waals surface area contributed by atoms with Gasteiger partial charge in [-0.25, -0.2) is 0 Å². The molecule has 2 N–H and O–H groups in total. The van der Waals surface area contributed by atoms with Gasteiger partial charge < -0.3 is 19.2 Å². The highest BCUT2D eigenvalue weighted by atomic mass is 79.9. The molecule has 0 fully saturated rings. The molecule has 0 spiro atoms. The number of para-hydroxylation sites is 4. The lowest BCUT2D eigenvalue weighted by molar-refractivity contribution is 0.426. The number of rotatable bonds is 4. The molecule has 0 aliphatic carbocycles. The number of aromatic nitrogens is 2. The van der Waals surface area contributed by atoms with Crippen LogP contribution < -0.4 is 5.46 Å². The van der Waals surface area contributed by atoms with Crippen LogP contribution >= 0.6 is 15.9 Å². The lowest BCUT2D eigenvalue weighted by Gasteiger charge is -2.08. The Labute approximate surface area is 287 Å². The zero-order valence-corrected chi connectivity index (χ0v) is 27.5. The van der Waals surface area contributed by atoms with Crippen LogP contribution in [0.25, 0.3) is 66.1 Å². The van der Waals surface area contributed by atoms with Crippen LogP contribution in [0.3, 0.4) is 0 Å². The summed E-state index contributed by atoms with van der Waals surface area (Å²) in [5.74, 6) is 0. The van der Waals surface area contributed by atoms with Gasteiger partial charge in [0.1, 0.15) is 0 Å². The predicted molar refractivity (Wildman–Crippen MR) is 205 cm³/mol. The van der Waals surface area contributed by atoms with Gasteiger partial charge in [-0.15, -0.1) is 0 Å². The highest BCUT2D eigenvalue weighted by Crippen LogP contribution is 2.35. The van der Waals surface area contributed by atoms with Gasteiger partial charge in [0, 0.05) is 37.4 Å². The van der Waals surface area contributed by atoms with Gasteiger partial charge in [0.05, 0.1) is 22.1 Å². The molecule has 2 heterocycles. The first-order valence-electron chi connectivity index (χ1n) is 15.9. The minimum Gasteiger partial charge on any atom is -0.423 e. The molecule has 4 nitrogen and oxygen atoms in total. The van der Waals surface area contributed by atoms with Gasteiger partial charge in [-0.05, 0) is 83.3 Å². The summed E-state index contributed by atoms with van der Waals surface area (Å²) in [6.45, 7) is 0. The van der Waals surface area contributed by atoms with Gasteiger partial charge in [0.25, 0.3) is 0 Å². The van der Waals surface area contributed by atoms with Gasteiger partial charge in [-0.3, -0.25) is 0 Å². The van der Waals surface area contributed by atoms with Crippen LogP contribution in [0.5, 0.6) is 0 Å². The average Bonchev–Trinajstić information content (AvgIpc) is 3.65. The molecule has 7 aromatic carbocycles. The van der Waals surface area contributed by atoms with Crippen molar-refractivity contribution in [3.63, 3.8) is 0 Å². The fraction of sp³-hybridized carbons (Fsp3) is 0. The molecule has 0 aliphatic rings. The molecule has 230 valence electrons. The third-order valence-electron chi connectivity index (χ3n) is 8.87. The number of fused-ring (bicyclic) bond motifs is 6. The Bertz CT molecular complexity index is 2540. The van der Waals surface area contributed by atoms with Gasteiger partial charge in [-0.1, -0.05) is 119 Å². The molecule has 6 heteroatoms. The van der Waals surface area contributed by atoms with E-state index in [0.29, 0.717) is 5.46 Å². The van der Waals surface area contributed by atoms with Crippen LogP contribution in [0.15, 0.2) is 174 Å². The third kappa shape index (κ3) is 5.40. The first-order chi connectivity index (χ1) is 23.6. The van der Waals surface area contributed by atoms with E-state index in [1.807, 2.05) is 42.5 Å². The Morgan fingerprint density at radius 2 is 0.833 bits per heavy atom. The number of benzene rings is 7. The summed E-state index contributed by atoms with van der Waals surface area (Å²) in [6, 6.07) is 58.3. The summed E-state index contributed by atoms with van der Waals surface area (Å²) < 4.78 is 5.64. The number of hydrogen-bond acceptors (Lipinski definition) is 2. The summed E-state index contributed by atoms with van der Waals surface area (Å²) in [7, 11) is -1.46. The van der Waals surface area contributed by atoms with E-state index in [9.17, 15) is 10.0 Å². The smallest absolute Gasteiger partial charge is 0.423 e. The molecule has 0 aliphatic heterocycles. The molecule has 9 aromatic rings. The summed E-state index contributed by atoms with van der Waals surface area (Å²) in [5.41, 5.74) is 9.88. The van der Waals surface area contributed by atoms with E-state index < -0.39 is 7.12 Å². The highest BCUT2D eigenvalue weighted by Gasteiger charge is 2.16. The maximum absolute atomic E-state index is 9.43. The molecule has 9 rings (SSSR count). The molecule has 0 amide bonds. The SMILES string of the molecule is Brc1ccc(-c2ccc3c(c2)c2ccccc2n3-c2ccccc2)cc1.OB(O)c1ccc2c(c1)c1ccccc1n2-c1ccccc1. The van der Waals surface area contributed by atoms with Gasteiger partial charge >= 0.3 is 7.12 Å². The highest BCUT2D eigenvalue weighted by molar-refractivity contribution is 9.10. The van der Waals surface area contributed by atoms with E-state index in [-0.39, 0.29) is 0 Å². The second-order valence-corrected chi connectivity index (χ2v) is 12.7. The van der Waals surface area contributed by atoms with Crippen molar-refractivity contribution in [2.45, 2.75) is 0 Å². The fourth-order valence-corrected chi connectivity index (χ4v) is 6.92. The quantitative estimate of drug-likeness (QED) is 0.181. The normalized spacial score (nSPS) is 11.2. The van der Waals surface area contributed by atoms with E-state index in [0.717, 1.165) is 32.0 Å².